The van der Waals surface area contributed by atoms with Crippen molar-refractivity contribution < 1.29 is 13.2 Å². The number of halogens is 4. The van der Waals surface area contributed by atoms with Gasteiger partial charge in [-0.15, -0.1) is 0 Å². The molecule has 10 heteroatoms. The van der Waals surface area contributed by atoms with Crippen molar-refractivity contribution in [1.82, 2.24) is 9.97 Å². The van der Waals surface area contributed by atoms with Crippen LogP contribution in [0.15, 0.2) is 24.3 Å². The molecule has 1 heterocycles. The van der Waals surface area contributed by atoms with E-state index in [9.17, 15) is 13.2 Å². The van der Waals surface area contributed by atoms with Gasteiger partial charge in [0.2, 0.25) is 5.95 Å². The zero-order valence-corrected chi connectivity index (χ0v) is 11.1. The van der Waals surface area contributed by atoms with Crippen molar-refractivity contribution in [2.75, 3.05) is 16.5 Å². The van der Waals surface area contributed by atoms with E-state index in [0.717, 1.165) is 12.1 Å². The molecule has 1 aromatic carbocycles. The minimum atomic E-state index is -4.46. The van der Waals surface area contributed by atoms with E-state index in [0.29, 0.717) is 0 Å². The van der Waals surface area contributed by atoms with E-state index in [-0.39, 0.29) is 28.3 Å². The highest BCUT2D eigenvalue weighted by molar-refractivity contribution is 6.33. The maximum Gasteiger partial charge on any atom is 0.416 e. The Morgan fingerprint density at radius 2 is 1.76 bits per heavy atom. The van der Waals surface area contributed by atoms with Crippen LogP contribution in [0.25, 0.3) is 0 Å². The highest BCUT2D eigenvalue weighted by Crippen LogP contribution is 2.34. The molecule has 0 atom stereocenters. The first kappa shape index (κ1) is 15.1. The lowest BCUT2D eigenvalue weighted by Crippen LogP contribution is -2.11. The number of nitrogens with two attached hydrogens (primary N) is 2. The first-order valence-corrected chi connectivity index (χ1v) is 5.92. The first-order chi connectivity index (χ1) is 9.79. The number of benzene rings is 1. The molecule has 2 rings (SSSR count). The minimum Gasteiger partial charge on any atom is -0.368 e. The summed E-state index contributed by atoms with van der Waals surface area (Å²) in [4.78, 5) is 7.64. The Balaban J connectivity index is 2.30. The Bertz CT molecular complexity index is 661. The largest absolute Gasteiger partial charge is 0.416 e. The van der Waals surface area contributed by atoms with Crippen molar-refractivity contribution in [3.8, 4) is 0 Å². The predicted octanol–water partition coefficient (Wildman–Crippen LogP) is 2.76. The highest BCUT2D eigenvalue weighted by Gasteiger charge is 2.30. The van der Waals surface area contributed by atoms with Gasteiger partial charge in [0, 0.05) is 6.07 Å². The van der Waals surface area contributed by atoms with Gasteiger partial charge in [-0.3, -0.25) is 0 Å². The molecule has 0 amide bonds. The molecule has 0 aliphatic carbocycles. The first-order valence-electron chi connectivity index (χ1n) is 5.54. The van der Waals surface area contributed by atoms with Gasteiger partial charge in [0.05, 0.1) is 16.3 Å². The van der Waals surface area contributed by atoms with E-state index in [1.165, 1.54) is 12.1 Å². The highest BCUT2D eigenvalue weighted by atomic mass is 35.5. The van der Waals surface area contributed by atoms with Crippen LogP contribution < -0.4 is 22.3 Å². The van der Waals surface area contributed by atoms with Crippen LogP contribution in [0.1, 0.15) is 5.56 Å². The van der Waals surface area contributed by atoms with Crippen LogP contribution in [0.2, 0.25) is 5.02 Å². The van der Waals surface area contributed by atoms with E-state index in [1.807, 2.05) is 0 Å². The van der Waals surface area contributed by atoms with Crippen LogP contribution in [0.3, 0.4) is 0 Å². The molecule has 0 bridgehead atoms. The Hall–Kier alpha value is -2.26. The number of hydrazine groups is 1. The molecule has 0 saturated carbocycles. The van der Waals surface area contributed by atoms with Crippen molar-refractivity contribution in [2.24, 2.45) is 5.84 Å². The average molecular weight is 319 g/mol. The topological polar surface area (TPSA) is 102 Å². The summed E-state index contributed by atoms with van der Waals surface area (Å²) >= 11 is 5.82. The number of nitrogen functional groups attached to an aromatic ring is 2. The average Bonchev–Trinajstić information content (AvgIpc) is 2.39. The number of nitrogens with zero attached hydrogens (tertiary/aromatic N) is 2. The van der Waals surface area contributed by atoms with E-state index >= 15 is 0 Å². The Labute approximate surface area is 122 Å². The molecule has 21 heavy (non-hydrogen) atoms. The van der Waals surface area contributed by atoms with Gasteiger partial charge in [-0.25, -0.2) is 5.84 Å². The molecule has 1 aromatic heterocycles. The van der Waals surface area contributed by atoms with Crippen LogP contribution in [0, 0.1) is 0 Å². The molecular formula is C11H10ClF3N6. The van der Waals surface area contributed by atoms with Crippen molar-refractivity contribution >= 4 is 34.9 Å². The standard InChI is InChI=1S/C11H10ClF3N6/c12-6-3-5(11(13,14)15)1-2-7(6)18-8-4-9(21-17)20-10(16)19-8/h1-4H,17H2,(H4,16,18,19,20,21). The quantitative estimate of drug-likeness (QED) is 0.513. The monoisotopic (exact) mass is 318 g/mol. The van der Waals surface area contributed by atoms with E-state index in [1.54, 1.807) is 0 Å². The summed E-state index contributed by atoms with van der Waals surface area (Å²) < 4.78 is 37.6. The van der Waals surface area contributed by atoms with Gasteiger partial charge >= 0.3 is 6.18 Å². The van der Waals surface area contributed by atoms with Gasteiger partial charge in [0.25, 0.3) is 0 Å². The molecule has 6 nitrogen and oxygen atoms in total. The number of aromatic nitrogens is 2. The van der Waals surface area contributed by atoms with Crippen LogP contribution in [0.5, 0.6) is 0 Å². The molecule has 0 fully saturated rings. The molecule has 0 saturated heterocycles. The summed E-state index contributed by atoms with van der Waals surface area (Å²) in [5.74, 6) is 5.62. The van der Waals surface area contributed by atoms with E-state index < -0.39 is 11.7 Å². The summed E-state index contributed by atoms with van der Waals surface area (Å²) in [7, 11) is 0. The maximum absolute atomic E-state index is 12.5. The molecule has 0 aliphatic rings. The van der Waals surface area contributed by atoms with Crippen molar-refractivity contribution in [1.29, 1.82) is 0 Å². The second-order valence-electron chi connectivity index (χ2n) is 3.96. The number of alkyl halides is 3. The lowest BCUT2D eigenvalue weighted by Gasteiger charge is -2.12. The fraction of sp³-hybridized carbons (Fsp3) is 0.0909. The summed E-state index contributed by atoms with van der Waals surface area (Å²) in [6, 6.07) is 4.33. The molecule has 0 radical (unpaired) electrons. The van der Waals surface area contributed by atoms with Gasteiger partial charge in [-0.1, -0.05) is 11.6 Å². The summed E-state index contributed by atoms with van der Waals surface area (Å²) in [6.45, 7) is 0. The van der Waals surface area contributed by atoms with Gasteiger partial charge in [-0.2, -0.15) is 23.1 Å². The lowest BCUT2D eigenvalue weighted by atomic mass is 10.2. The second-order valence-corrected chi connectivity index (χ2v) is 4.37. The van der Waals surface area contributed by atoms with Crippen molar-refractivity contribution in [3.63, 3.8) is 0 Å². The third-order valence-corrected chi connectivity index (χ3v) is 2.76. The molecule has 0 unspecified atom stereocenters. The fourth-order valence-corrected chi connectivity index (χ4v) is 1.76. The summed E-state index contributed by atoms with van der Waals surface area (Å²) in [6.07, 6.45) is -4.46. The molecule has 6 N–H and O–H groups in total. The van der Waals surface area contributed by atoms with E-state index in [2.05, 4.69) is 20.7 Å². The van der Waals surface area contributed by atoms with Crippen LogP contribution in [0.4, 0.5) is 36.4 Å². The van der Waals surface area contributed by atoms with Crippen molar-refractivity contribution in [3.05, 3.63) is 34.9 Å². The lowest BCUT2D eigenvalue weighted by molar-refractivity contribution is -0.137. The Morgan fingerprint density at radius 1 is 1.10 bits per heavy atom. The Morgan fingerprint density at radius 3 is 2.33 bits per heavy atom. The van der Waals surface area contributed by atoms with Gasteiger partial charge in [0.1, 0.15) is 11.6 Å². The molecule has 112 valence electrons. The fourth-order valence-electron chi connectivity index (χ4n) is 1.53. The van der Waals surface area contributed by atoms with Gasteiger partial charge in [-0.05, 0) is 18.2 Å². The smallest absolute Gasteiger partial charge is 0.368 e. The van der Waals surface area contributed by atoms with Gasteiger partial charge < -0.3 is 16.5 Å². The van der Waals surface area contributed by atoms with Crippen LogP contribution in [-0.2, 0) is 6.18 Å². The number of nitrogens with one attached hydrogen (secondary N) is 2. The van der Waals surface area contributed by atoms with Gasteiger partial charge in [0.15, 0.2) is 0 Å². The number of anilines is 4. The predicted molar refractivity (Wildman–Crippen MR) is 74.0 cm³/mol. The third kappa shape index (κ3) is 3.64. The number of hydrogen-bond donors (Lipinski definition) is 4. The maximum atomic E-state index is 12.5. The zero-order valence-electron chi connectivity index (χ0n) is 10.4. The molecule has 0 spiro atoms. The second kappa shape index (κ2) is 5.62. The SMILES string of the molecule is NNc1cc(Nc2ccc(C(F)(F)F)cc2Cl)nc(N)n1. The summed E-state index contributed by atoms with van der Waals surface area (Å²) in [5, 5.41) is 2.63. The zero-order chi connectivity index (χ0) is 15.6. The van der Waals surface area contributed by atoms with Crippen molar-refractivity contribution in [2.45, 2.75) is 6.18 Å². The molecular weight excluding hydrogens is 309 g/mol. The van der Waals surface area contributed by atoms with E-state index in [4.69, 9.17) is 23.2 Å². The number of hydrogen-bond acceptors (Lipinski definition) is 6. The van der Waals surface area contributed by atoms with Crippen LogP contribution >= 0.6 is 11.6 Å². The third-order valence-electron chi connectivity index (χ3n) is 2.45. The normalized spacial score (nSPS) is 11.3. The van der Waals surface area contributed by atoms with Crippen LogP contribution in [-0.4, -0.2) is 9.97 Å². The molecule has 2 aromatic rings. The molecule has 0 aliphatic heterocycles. The Kier molecular flexibility index (Phi) is 4.05. The number of rotatable bonds is 3. The summed E-state index contributed by atoms with van der Waals surface area (Å²) in [5.41, 5.74) is 7.15. The minimum absolute atomic E-state index is 0.0593.